The van der Waals surface area contributed by atoms with E-state index >= 15 is 0 Å². The lowest BCUT2D eigenvalue weighted by Crippen LogP contribution is -2.38. The van der Waals surface area contributed by atoms with E-state index in [1.165, 1.54) is 80.6 Å². The number of phenols is 2. The van der Waals surface area contributed by atoms with Crippen LogP contribution in [0.3, 0.4) is 0 Å². The number of hydrogen-bond acceptors (Lipinski definition) is 6. The number of hydrogen-bond donors (Lipinski definition) is 3. The number of phenolic OH excluding ortho intramolecular Hbond substituents is 2. The zero-order valence-corrected chi connectivity index (χ0v) is 43.5. The van der Waals surface area contributed by atoms with Crippen molar-refractivity contribution in [1.29, 1.82) is 0 Å². The Labute approximate surface area is 453 Å². The maximum absolute atomic E-state index is 14.6. The third kappa shape index (κ3) is 14.9. The number of aliphatic hydroxyl groups is 1. The standard InChI is InChI=1S/C21H29F3O2.2C20H13F5O2/c1-13-11-19(12-20(22)14(13)2)26-21(23,24)17-7-3-15(4-8-17)16-5-9-18(25)10-6-16;2*1-11-2-7-15(10-16(11)21)27-20(24,25)19-17(22)8-13(9-18(19)23)12-3-5-14(26)6-4-12/h11-12,15-18,25H,3-10H2,1-2H3;2*2-10,26H,1H3. The van der Waals surface area contributed by atoms with Gasteiger partial charge in [0.1, 0.15) is 80.6 Å². The molecule has 0 bridgehead atoms. The molecule has 2 saturated carbocycles. The molecular formula is C61H55F13O6. The van der Waals surface area contributed by atoms with Gasteiger partial charge < -0.3 is 29.5 Å². The molecule has 426 valence electrons. The number of aliphatic hydroxyl groups excluding tert-OH is 1. The van der Waals surface area contributed by atoms with Crippen molar-refractivity contribution in [2.75, 3.05) is 0 Å². The van der Waals surface area contributed by atoms with Crippen LogP contribution in [0.25, 0.3) is 22.3 Å². The molecule has 80 heavy (non-hydrogen) atoms. The van der Waals surface area contributed by atoms with Crippen LogP contribution in [0.4, 0.5) is 57.1 Å². The van der Waals surface area contributed by atoms with Crippen molar-refractivity contribution in [3.05, 3.63) is 195 Å². The first-order chi connectivity index (χ1) is 37.6. The molecule has 0 atom stereocenters. The van der Waals surface area contributed by atoms with Gasteiger partial charge in [-0.25, -0.2) is 30.7 Å². The van der Waals surface area contributed by atoms with Gasteiger partial charge in [0.05, 0.1) is 12.0 Å². The van der Waals surface area contributed by atoms with Gasteiger partial charge in [0.25, 0.3) is 0 Å². The number of halogens is 13. The third-order valence-corrected chi connectivity index (χ3v) is 14.3. The number of benzene rings is 7. The van der Waals surface area contributed by atoms with Gasteiger partial charge in [-0.15, -0.1) is 0 Å². The Morgan fingerprint density at radius 3 is 1.10 bits per heavy atom. The minimum absolute atomic E-state index is 0.00549. The van der Waals surface area contributed by atoms with Gasteiger partial charge in [0.2, 0.25) is 0 Å². The highest BCUT2D eigenvalue weighted by Crippen LogP contribution is 2.46. The van der Waals surface area contributed by atoms with Crippen LogP contribution in [0.1, 0.15) is 84.7 Å². The van der Waals surface area contributed by atoms with Crippen LogP contribution in [0.5, 0.6) is 28.7 Å². The first-order valence-electron chi connectivity index (χ1n) is 25.4. The lowest BCUT2D eigenvalue weighted by atomic mass is 9.70. The molecule has 19 heteroatoms. The minimum Gasteiger partial charge on any atom is -0.508 e. The number of aromatic hydroxyl groups is 2. The average molecular weight is 1130 g/mol. The van der Waals surface area contributed by atoms with Crippen LogP contribution in [0, 0.1) is 86.2 Å². The molecule has 7 aromatic carbocycles. The smallest absolute Gasteiger partial charge is 0.432 e. The molecule has 7 aromatic rings. The molecule has 0 unspecified atom stereocenters. The fourth-order valence-corrected chi connectivity index (χ4v) is 9.60. The zero-order chi connectivity index (χ0) is 58.4. The highest BCUT2D eigenvalue weighted by Gasteiger charge is 2.46. The number of aryl methyl sites for hydroxylation is 3. The van der Waals surface area contributed by atoms with Crippen LogP contribution >= 0.6 is 0 Å². The van der Waals surface area contributed by atoms with Crippen molar-refractivity contribution < 1.29 is 86.6 Å². The first-order valence-corrected chi connectivity index (χ1v) is 25.4. The molecule has 0 radical (unpaired) electrons. The van der Waals surface area contributed by atoms with Crippen LogP contribution in [0.2, 0.25) is 0 Å². The van der Waals surface area contributed by atoms with E-state index < -0.39 is 87.6 Å². The van der Waals surface area contributed by atoms with E-state index in [0.29, 0.717) is 59.1 Å². The topological polar surface area (TPSA) is 88.4 Å². The van der Waals surface area contributed by atoms with E-state index in [0.717, 1.165) is 81.0 Å². The Hall–Kier alpha value is -7.41. The van der Waals surface area contributed by atoms with Gasteiger partial charge in [-0.2, -0.15) is 26.3 Å². The van der Waals surface area contributed by atoms with Crippen molar-refractivity contribution >= 4 is 0 Å². The quantitative estimate of drug-likeness (QED) is 0.106. The minimum atomic E-state index is -4.36. The summed E-state index contributed by atoms with van der Waals surface area (Å²) in [5.74, 6) is -9.28. The molecule has 2 aliphatic rings. The predicted octanol–water partition coefficient (Wildman–Crippen LogP) is 17.6. The number of rotatable bonds is 12. The third-order valence-electron chi connectivity index (χ3n) is 14.3. The number of alkyl halides is 6. The van der Waals surface area contributed by atoms with E-state index in [-0.39, 0.29) is 45.6 Å². The summed E-state index contributed by atoms with van der Waals surface area (Å²) < 4.78 is 198. The Morgan fingerprint density at radius 1 is 0.375 bits per heavy atom. The zero-order valence-electron chi connectivity index (χ0n) is 43.5. The predicted molar refractivity (Wildman–Crippen MR) is 273 cm³/mol. The van der Waals surface area contributed by atoms with Crippen molar-refractivity contribution in [2.24, 2.45) is 17.8 Å². The summed E-state index contributed by atoms with van der Waals surface area (Å²) in [5, 5.41) is 28.1. The maximum atomic E-state index is 14.6. The fraction of sp³-hybridized carbons (Fsp3) is 0.311. The van der Waals surface area contributed by atoms with Gasteiger partial charge >= 0.3 is 18.3 Å². The maximum Gasteiger partial charge on any atom is 0.432 e. The molecule has 0 aliphatic heterocycles. The van der Waals surface area contributed by atoms with Crippen LogP contribution in [-0.4, -0.2) is 27.5 Å². The Morgan fingerprint density at radius 2 is 0.738 bits per heavy atom. The molecule has 0 saturated heterocycles. The van der Waals surface area contributed by atoms with Crippen molar-refractivity contribution in [1.82, 2.24) is 0 Å². The Balaban J connectivity index is 0.000000173. The molecule has 0 spiro atoms. The molecule has 3 N–H and O–H groups in total. The van der Waals surface area contributed by atoms with Gasteiger partial charge in [0, 0.05) is 18.2 Å². The van der Waals surface area contributed by atoms with E-state index in [1.807, 2.05) is 0 Å². The second-order valence-electron chi connectivity index (χ2n) is 20.0. The molecule has 2 fully saturated rings. The molecule has 9 rings (SSSR count). The lowest BCUT2D eigenvalue weighted by Gasteiger charge is -2.38. The highest BCUT2D eigenvalue weighted by molar-refractivity contribution is 5.66. The van der Waals surface area contributed by atoms with Gasteiger partial charge in [-0.3, -0.25) is 0 Å². The average Bonchev–Trinajstić information content (AvgIpc) is 3.38. The lowest BCUT2D eigenvalue weighted by molar-refractivity contribution is -0.224. The van der Waals surface area contributed by atoms with Crippen LogP contribution in [0.15, 0.2) is 121 Å². The first kappa shape index (κ1) is 60.2. The van der Waals surface area contributed by atoms with Gasteiger partial charge in [-0.1, -0.05) is 36.4 Å². The van der Waals surface area contributed by atoms with Gasteiger partial charge in [0.15, 0.2) is 0 Å². The van der Waals surface area contributed by atoms with E-state index in [1.54, 1.807) is 13.8 Å². The Bertz CT molecular complexity index is 3030. The van der Waals surface area contributed by atoms with Crippen molar-refractivity contribution in [2.45, 2.75) is 103 Å². The summed E-state index contributed by atoms with van der Waals surface area (Å²) in [5.41, 5.74) is -1.02. The molecule has 0 aromatic heterocycles. The SMILES string of the molecule is Cc1cc(OC(F)(F)C2CCC(C3CCC(O)CC3)CC2)cc(F)c1C.Cc1ccc(OC(F)(F)c2c(F)cc(-c3ccc(O)cc3)cc2F)cc1F.Cc1ccc(OC(F)(F)c2c(F)cc(-c3ccc(O)cc3)cc2F)cc1F. The number of ether oxygens (including phenoxy) is 3. The summed E-state index contributed by atoms with van der Waals surface area (Å²) in [6.07, 6.45) is -6.06. The monoisotopic (exact) mass is 1130 g/mol. The van der Waals surface area contributed by atoms with E-state index in [2.05, 4.69) is 9.47 Å². The molecule has 6 nitrogen and oxygen atoms in total. The second kappa shape index (κ2) is 24.9. The van der Waals surface area contributed by atoms with Crippen molar-refractivity contribution in [3.63, 3.8) is 0 Å². The van der Waals surface area contributed by atoms with Crippen LogP contribution < -0.4 is 14.2 Å². The second-order valence-corrected chi connectivity index (χ2v) is 20.0. The van der Waals surface area contributed by atoms with Crippen LogP contribution in [-0.2, 0) is 12.2 Å². The summed E-state index contributed by atoms with van der Waals surface area (Å²) in [6, 6.07) is 22.2. The summed E-state index contributed by atoms with van der Waals surface area (Å²) in [7, 11) is 0. The molecule has 0 amide bonds. The summed E-state index contributed by atoms with van der Waals surface area (Å²) >= 11 is 0. The highest BCUT2D eigenvalue weighted by atomic mass is 19.3. The summed E-state index contributed by atoms with van der Waals surface area (Å²) in [4.78, 5) is 0. The normalized spacial score (nSPS) is 17.6. The largest absolute Gasteiger partial charge is 0.508 e. The fourth-order valence-electron chi connectivity index (χ4n) is 9.60. The van der Waals surface area contributed by atoms with Crippen molar-refractivity contribution in [3.8, 4) is 51.0 Å². The molecule has 2 aliphatic carbocycles. The Kier molecular flexibility index (Phi) is 18.8. The van der Waals surface area contributed by atoms with E-state index in [9.17, 15) is 72.4 Å². The van der Waals surface area contributed by atoms with E-state index in [4.69, 9.17) is 4.74 Å². The molecular weight excluding hydrogens is 1080 g/mol. The molecule has 0 heterocycles. The van der Waals surface area contributed by atoms with Gasteiger partial charge in [-0.05, 0) is 202 Å². The summed E-state index contributed by atoms with van der Waals surface area (Å²) in [6.45, 7) is 6.17.